The number of anilines is 3. The van der Waals surface area contributed by atoms with E-state index in [4.69, 9.17) is 11.5 Å². The summed E-state index contributed by atoms with van der Waals surface area (Å²) < 4.78 is 0. The van der Waals surface area contributed by atoms with E-state index in [-0.39, 0.29) is 23.7 Å². The minimum absolute atomic E-state index is 0.0343. The zero-order chi connectivity index (χ0) is 14.3. The number of phenols is 1. The summed E-state index contributed by atoms with van der Waals surface area (Å²) in [4.78, 5) is 14.1. The maximum absolute atomic E-state index is 9.65. The van der Waals surface area contributed by atoms with Crippen LogP contribution in [-0.2, 0) is 6.42 Å². The number of fused-ring (bicyclic) bond motifs is 1. The van der Waals surface area contributed by atoms with E-state index >= 15 is 0 Å². The van der Waals surface area contributed by atoms with Crippen molar-refractivity contribution in [3.63, 3.8) is 0 Å². The van der Waals surface area contributed by atoms with E-state index in [0.717, 1.165) is 18.5 Å². The van der Waals surface area contributed by atoms with Gasteiger partial charge in [0.1, 0.15) is 5.75 Å². The van der Waals surface area contributed by atoms with Crippen LogP contribution in [0.4, 0.5) is 17.8 Å². The van der Waals surface area contributed by atoms with Crippen LogP contribution in [0, 0.1) is 0 Å². The molecule has 0 radical (unpaired) electrons. The molecule has 0 spiro atoms. The maximum atomic E-state index is 9.65. The normalized spacial score (nSPS) is 17.9. The van der Waals surface area contributed by atoms with Gasteiger partial charge in [0.15, 0.2) is 0 Å². The average Bonchev–Trinajstić information content (AvgIpc) is 2.38. The molecule has 1 aromatic heterocycles. The zero-order valence-corrected chi connectivity index (χ0v) is 11.1. The number of aromatic nitrogens is 3. The van der Waals surface area contributed by atoms with Gasteiger partial charge in [0.05, 0.1) is 6.04 Å². The van der Waals surface area contributed by atoms with Gasteiger partial charge in [0, 0.05) is 6.54 Å². The summed E-state index contributed by atoms with van der Waals surface area (Å²) in [5.41, 5.74) is 13.5. The molecule has 7 nitrogen and oxygen atoms in total. The lowest BCUT2D eigenvalue weighted by Crippen LogP contribution is -2.35. The molecule has 2 aromatic rings. The highest BCUT2D eigenvalue weighted by Gasteiger charge is 2.26. The third-order valence-corrected chi connectivity index (χ3v) is 3.58. The van der Waals surface area contributed by atoms with Gasteiger partial charge in [-0.2, -0.15) is 15.0 Å². The molecule has 1 aliphatic rings. The number of hydrogen-bond donors (Lipinski definition) is 3. The SMILES string of the molecule is CC1c2cc(O)ccc2CCN1c1nc(N)nc(N)n1. The number of rotatable bonds is 1. The molecule has 5 N–H and O–H groups in total. The van der Waals surface area contributed by atoms with E-state index in [1.54, 1.807) is 12.1 Å². The van der Waals surface area contributed by atoms with Crippen molar-refractivity contribution >= 4 is 17.8 Å². The van der Waals surface area contributed by atoms with Gasteiger partial charge in [-0.15, -0.1) is 0 Å². The highest BCUT2D eigenvalue weighted by Crippen LogP contribution is 2.33. The fourth-order valence-electron chi connectivity index (χ4n) is 2.60. The first-order valence-electron chi connectivity index (χ1n) is 6.40. The first-order valence-corrected chi connectivity index (χ1v) is 6.40. The van der Waals surface area contributed by atoms with Gasteiger partial charge >= 0.3 is 0 Å². The maximum Gasteiger partial charge on any atom is 0.232 e. The van der Waals surface area contributed by atoms with Crippen molar-refractivity contribution in [2.24, 2.45) is 0 Å². The Kier molecular flexibility index (Phi) is 2.81. The van der Waals surface area contributed by atoms with Gasteiger partial charge in [0.2, 0.25) is 17.8 Å². The first kappa shape index (κ1) is 12.5. The highest BCUT2D eigenvalue weighted by molar-refractivity contribution is 5.48. The van der Waals surface area contributed by atoms with E-state index in [1.807, 2.05) is 17.9 Å². The average molecular weight is 272 g/mol. The summed E-state index contributed by atoms with van der Waals surface area (Å²) in [5.74, 6) is 0.950. The number of aromatic hydroxyl groups is 1. The molecule has 0 amide bonds. The van der Waals surface area contributed by atoms with Gasteiger partial charge in [-0.1, -0.05) is 6.07 Å². The summed E-state index contributed by atoms with van der Waals surface area (Å²) >= 11 is 0. The van der Waals surface area contributed by atoms with E-state index in [9.17, 15) is 5.11 Å². The van der Waals surface area contributed by atoms with Gasteiger partial charge in [-0.3, -0.25) is 0 Å². The van der Waals surface area contributed by atoms with Gasteiger partial charge < -0.3 is 21.5 Å². The second kappa shape index (κ2) is 4.52. The molecule has 1 aliphatic heterocycles. The van der Waals surface area contributed by atoms with Crippen LogP contribution in [0.3, 0.4) is 0 Å². The van der Waals surface area contributed by atoms with Crippen molar-refractivity contribution in [2.45, 2.75) is 19.4 Å². The molecular weight excluding hydrogens is 256 g/mol. The van der Waals surface area contributed by atoms with Crippen LogP contribution in [0.25, 0.3) is 0 Å². The predicted molar refractivity (Wildman–Crippen MR) is 76.2 cm³/mol. The minimum Gasteiger partial charge on any atom is -0.508 e. The Bertz CT molecular complexity index is 639. The molecule has 7 heteroatoms. The molecule has 0 saturated carbocycles. The molecule has 0 bridgehead atoms. The van der Waals surface area contributed by atoms with Crippen molar-refractivity contribution in [1.82, 2.24) is 15.0 Å². The molecular formula is C13H16N6O. The van der Waals surface area contributed by atoms with Crippen molar-refractivity contribution in [1.29, 1.82) is 0 Å². The number of nitrogens with two attached hydrogens (primary N) is 2. The first-order chi connectivity index (χ1) is 9.54. The summed E-state index contributed by atoms with van der Waals surface area (Å²) in [6, 6.07) is 5.47. The van der Waals surface area contributed by atoms with Crippen LogP contribution in [-0.4, -0.2) is 26.6 Å². The fourth-order valence-corrected chi connectivity index (χ4v) is 2.60. The van der Waals surface area contributed by atoms with E-state index < -0.39 is 0 Å². The Morgan fingerprint density at radius 1 is 1.20 bits per heavy atom. The van der Waals surface area contributed by atoms with Crippen LogP contribution < -0.4 is 16.4 Å². The van der Waals surface area contributed by atoms with Gasteiger partial charge in [-0.05, 0) is 36.6 Å². The molecule has 104 valence electrons. The third kappa shape index (κ3) is 2.07. The van der Waals surface area contributed by atoms with Gasteiger partial charge in [0.25, 0.3) is 0 Å². The lowest BCUT2D eigenvalue weighted by Gasteiger charge is -2.35. The third-order valence-electron chi connectivity index (χ3n) is 3.58. The Balaban J connectivity index is 2.01. The lowest BCUT2D eigenvalue weighted by atomic mass is 9.93. The fraction of sp³-hybridized carbons (Fsp3) is 0.308. The van der Waals surface area contributed by atoms with Gasteiger partial charge in [-0.25, -0.2) is 0 Å². The number of benzene rings is 1. The quantitative estimate of drug-likeness (QED) is 0.705. The van der Waals surface area contributed by atoms with Crippen molar-refractivity contribution < 1.29 is 5.11 Å². The molecule has 20 heavy (non-hydrogen) atoms. The molecule has 1 atom stereocenters. The minimum atomic E-state index is 0.0343. The van der Waals surface area contributed by atoms with E-state index in [2.05, 4.69) is 15.0 Å². The zero-order valence-electron chi connectivity index (χ0n) is 11.1. The predicted octanol–water partition coefficient (Wildman–Crippen LogP) is 0.865. The monoisotopic (exact) mass is 272 g/mol. The Morgan fingerprint density at radius 3 is 2.60 bits per heavy atom. The van der Waals surface area contributed by atoms with Crippen LogP contribution in [0.1, 0.15) is 24.1 Å². The summed E-state index contributed by atoms with van der Waals surface area (Å²) in [6.07, 6.45) is 0.853. The summed E-state index contributed by atoms with van der Waals surface area (Å²) in [6.45, 7) is 2.80. The Morgan fingerprint density at radius 2 is 1.90 bits per heavy atom. The number of phenolic OH excluding ortho intramolecular Hbond substituents is 1. The summed E-state index contributed by atoms with van der Waals surface area (Å²) in [7, 11) is 0. The van der Waals surface area contributed by atoms with Crippen LogP contribution >= 0.6 is 0 Å². The number of nitrogens with zero attached hydrogens (tertiary/aromatic N) is 4. The molecule has 0 fully saturated rings. The Hall–Kier alpha value is -2.57. The topological polar surface area (TPSA) is 114 Å². The smallest absolute Gasteiger partial charge is 0.232 e. The summed E-state index contributed by atoms with van der Waals surface area (Å²) in [5, 5.41) is 9.65. The van der Waals surface area contributed by atoms with Crippen LogP contribution in [0.5, 0.6) is 5.75 Å². The van der Waals surface area contributed by atoms with Crippen molar-refractivity contribution in [3.05, 3.63) is 29.3 Å². The Labute approximate surface area is 116 Å². The molecule has 2 heterocycles. The molecule has 1 aromatic carbocycles. The van der Waals surface area contributed by atoms with Crippen LogP contribution in [0.2, 0.25) is 0 Å². The standard InChI is InChI=1S/C13H16N6O/c1-7-10-6-9(20)3-2-8(10)4-5-19(7)13-17-11(14)16-12(15)18-13/h2-3,6-7,20H,4-5H2,1H3,(H4,14,15,16,17,18). The van der Waals surface area contributed by atoms with E-state index in [0.29, 0.717) is 5.95 Å². The van der Waals surface area contributed by atoms with Crippen molar-refractivity contribution in [2.75, 3.05) is 22.9 Å². The lowest BCUT2D eigenvalue weighted by molar-refractivity contribution is 0.472. The molecule has 1 unspecified atom stereocenters. The second-order valence-corrected chi connectivity index (χ2v) is 4.85. The van der Waals surface area contributed by atoms with Crippen molar-refractivity contribution in [3.8, 4) is 5.75 Å². The molecule has 3 rings (SSSR count). The molecule has 0 saturated heterocycles. The number of nitrogen functional groups attached to an aromatic ring is 2. The highest BCUT2D eigenvalue weighted by atomic mass is 16.3. The largest absolute Gasteiger partial charge is 0.508 e. The van der Waals surface area contributed by atoms with E-state index in [1.165, 1.54) is 5.56 Å². The molecule has 0 aliphatic carbocycles. The van der Waals surface area contributed by atoms with Crippen LogP contribution in [0.15, 0.2) is 18.2 Å². The second-order valence-electron chi connectivity index (χ2n) is 4.85. The number of hydrogen-bond acceptors (Lipinski definition) is 7.